The van der Waals surface area contributed by atoms with Crippen molar-refractivity contribution in [3.63, 3.8) is 0 Å². The molecule has 22 heavy (non-hydrogen) atoms. The Labute approximate surface area is 130 Å². The van der Waals surface area contributed by atoms with E-state index in [0.717, 1.165) is 12.2 Å². The van der Waals surface area contributed by atoms with Gasteiger partial charge in [0, 0.05) is 26.1 Å². The van der Waals surface area contributed by atoms with Crippen molar-refractivity contribution in [1.82, 2.24) is 9.80 Å². The van der Waals surface area contributed by atoms with E-state index >= 15 is 0 Å². The second-order valence-electron chi connectivity index (χ2n) is 5.94. The lowest BCUT2D eigenvalue weighted by atomic mass is 10.1. The number of furan rings is 1. The first-order valence-corrected chi connectivity index (χ1v) is 7.88. The number of amides is 2. The number of morpholine rings is 1. The fourth-order valence-corrected chi connectivity index (χ4v) is 3.11. The summed E-state index contributed by atoms with van der Waals surface area (Å²) in [7, 11) is 0. The molecule has 0 radical (unpaired) electrons. The van der Waals surface area contributed by atoms with E-state index in [1.807, 2.05) is 11.0 Å². The summed E-state index contributed by atoms with van der Waals surface area (Å²) < 4.78 is 10.9. The molecule has 0 aliphatic carbocycles. The molecular weight excluding hydrogens is 284 g/mol. The molecule has 2 amide bonds. The third kappa shape index (κ3) is 3.16. The summed E-state index contributed by atoms with van der Waals surface area (Å²) in [5.41, 5.74) is 0. The number of rotatable bonds is 4. The normalized spacial score (nSPS) is 25.8. The molecular formula is C16H22N2O4. The minimum Gasteiger partial charge on any atom is -0.467 e. The van der Waals surface area contributed by atoms with Crippen LogP contribution < -0.4 is 0 Å². The minimum atomic E-state index is -0.238. The van der Waals surface area contributed by atoms with Gasteiger partial charge in [0.15, 0.2) is 0 Å². The van der Waals surface area contributed by atoms with Crippen LogP contribution >= 0.6 is 0 Å². The smallest absolute Gasteiger partial charge is 0.228 e. The van der Waals surface area contributed by atoms with E-state index < -0.39 is 0 Å². The molecule has 6 heteroatoms. The summed E-state index contributed by atoms with van der Waals surface area (Å²) >= 11 is 0. The van der Waals surface area contributed by atoms with Crippen molar-refractivity contribution in [3.8, 4) is 0 Å². The zero-order valence-corrected chi connectivity index (χ0v) is 12.9. The molecule has 3 rings (SSSR count). The Kier molecular flexibility index (Phi) is 4.47. The van der Waals surface area contributed by atoms with Crippen molar-refractivity contribution in [2.24, 2.45) is 5.92 Å². The third-order valence-electron chi connectivity index (χ3n) is 4.40. The van der Waals surface area contributed by atoms with Crippen LogP contribution in [0.3, 0.4) is 0 Å². The molecule has 2 aliphatic heterocycles. The molecule has 0 saturated carbocycles. The number of nitrogens with zero attached hydrogens (tertiary/aromatic N) is 2. The van der Waals surface area contributed by atoms with Gasteiger partial charge in [-0.1, -0.05) is 6.92 Å². The molecule has 120 valence electrons. The number of ether oxygens (including phenoxy) is 1. The largest absolute Gasteiger partial charge is 0.467 e. The Bertz CT molecular complexity index is 528. The Hall–Kier alpha value is -1.82. The van der Waals surface area contributed by atoms with Gasteiger partial charge in [0.2, 0.25) is 11.8 Å². The van der Waals surface area contributed by atoms with Gasteiger partial charge in [-0.05, 0) is 18.6 Å². The number of likely N-dealkylation sites (tertiary alicyclic amines) is 1. The van der Waals surface area contributed by atoms with Gasteiger partial charge in [-0.25, -0.2) is 0 Å². The zero-order chi connectivity index (χ0) is 15.5. The van der Waals surface area contributed by atoms with Crippen molar-refractivity contribution < 1.29 is 18.7 Å². The van der Waals surface area contributed by atoms with Crippen molar-refractivity contribution in [2.75, 3.05) is 26.2 Å². The molecule has 6 nitrogen and oxygen atoms in total. The lowest BCUT2D eigenvalue weighted by molar-refractivity contribution is -0.143. The van der Waals surface area contributed by atoms with Crippen LogP contribution in [0.15, 0.2) is 22.8 Å². The van der Waals surface area contributed by atoms with Crippen LogP contribution in [0.1, 0.15) is 25.5 Å². The van der Waals surface area contributed by atoms with Crippen molar-refractivity contribution in [2.45, 2.75) is 32.4 Å². The molecule has 0 N–H and O–H groups in total. The summed E-state index contributed by atoms with van der Waals surface area (Å²) in [4.78, 5) is 28.3. The molecule has 0 spiro atoms. The molecule has 2 saturated heterocycles. The number of carbonyl (C=O) groups excluding carboxylic acids is 2. The minimum absolute atomic E-state index is 0.0232. The number of carbonyl (C=O) groups is 2. The fourth-order valence-electron chi connectivity index (χ4n) is 3.11. The molecule has 0 bridgehead atoms. The highest BCUT2D eigenvalue weighted by molar-refractivity contribution is 5.89. The predicted molar refractivity (Wildman–Crippen MR) is 78.8 cm³/mol. The lowest BCUT2D eigenvalue weighted by Gasteiger charge is -2.34. The number of hydrogen-bond acceptors (Lipinski definition) is 4. The maximum atomic E-state index is 12.6. The maximum Gasteiger partial charge on any atom is 0.228 e. The fraction of sp³-hybridized carbons (Fsp3) is 0.625. The van der Waals surface area contributed by atoms with Gasteiger partial charge in [0.1, 0.15) is 5.76 Å². The van der Waals surface area contributed by atoms with Gasteiger partial charge >= 0.3 is 0 Å². The second kappa shape index (κ2) is 6.52. The van der Waals surface area contributed by atoms with E-state index in [1.165, 1.54) is 0 Å². The van der Waals surface area contributed by atoms with Crippen LogP contribution in [-0.2, 0) is 20.9 Å². The Balaban J connectivity index is 1.58. The standard InChI is InChI=1S/C16H22N2O4/c1-2-13-10-17(5-7-22-13)16(20)12-8-15(19)18(9-12)11-14-4-3-6-21-14/h3-4,6,12-13H,2,5,7-11H2,1H3. The van der Waals surface area contributed by atoms with Crippen LogP contribution in [0.2, 0.25) is 0 Å². The van der Waals surface area contributed by atoms with Crippen LogP contribution in [0.4, 0.5) is 0 Å². The first kappa shape index (κ1) is 15.1. The zero-order valence-electron chi connectivity index (χ0n) is 12.9. The first-order chi connectivity index (χ1) is 10.7. The summed E-state index contributed by atoms with van der Waals surface area (Å²) in [5.74, 6) is 0.615. The predicted octanol–water partition coefficient (Wildman–Crippen LogP) is 1.27. The van der Waals surface area contributed by atoms with Gasteiger partial charge in [0.05, 0.1) is 31.4 Å². The Morgan fingerprint density at radius 1 is 1.41 bits per heavy atom. The summed E-state index contributed by atoms with van der Waals surface area (Å²) in [5, 5.41) is 0. The van der Waals surface area contributed by atoms with E-state index in [1.54, 1.807) is 17.2 Å². The van der Waals surface area contributed by atoms with E-state index in [0.29, 0.717) is 39.2 Å². The molecule has 2 atom stereocenters. The molecule has 0 aromatic carbocycles. The second-order valence-corrected chi connectivity index (χ2v) is 5.94. The molecule has 1 aromatic rings. The molecule has 2 aliphatic rings. The first-order valence-electron chi connectivity index (χ1n) is 7.88. The van der Waals surface area contributed by atoms with Gasteiger partial charge in [0.25, 0.3) is 0 Å². The van der Waals surface area contributed by atoms with Crippen LogP contribution in [-0.4, -0.2) is 54.0 Å². The quantitative estimate of drug-likeness (QED) is 0.840. The van der Waals surface area contributed by atoms with Crippen LogP contribution in [0.5, 0.6) is 0 Å². The topological polar surface area (TPSA) is 63.0 Å². The monoisotopic (exact) mass is 306 g/mol. The lowest BCUT2D eigenvalue weighted by Crippen LogP contribution is -2.48. The van der Waals surface area contributed by atoms with E-state index in [9.17, 15) is 9.59 Å². The van der Waals surface area contributed by atoms with Gasteiger partial charge < -0.3 is 19.0 Å². The average molecular weight is 306 g/mol. The molecule has 1 aromatic heterocycles. The van der Waals surface area contributed by atoms with Crippen molar-refractivity contribution in [1.29, 1.82) is 0 Å². The van der Waals surface area contributed by atoms with E-state index in [-0.39, 0.29) is 23.8 Å². The van der Waals surface area contributed by atoms with Crippen LogP contribution in [0, 0.1) is 5.92 Å². The van der Waals surface area contributed by atoms with Crippen LogP contribution in [0.25, 0.3) is 0 Å². The Morgan fingerprint density at radius 3 is 3.00 bits per heavy atom. The SMILES string of the molecule is CCC1CN(C(=O)C2CC(=O)N(Cc3ccco3)C2)CCO1. The van der Waals surface area contributed by atoms with Crippen molar-refractivity contribution in [3.05, 3.63) is 24.2 Å². The molecule has 2 fully saturated rings. The summed E-state index contributed by atoms with van der Waals surface area (Å²) in [6.07, 6.45) is 2.91. The summed E-state index contributed by atoms with van der Waals surface area (Å²) in [6.45, 7) is 4.82. The summed E-state index contributed by atoms with van der Waals surface area (Å²) in [6, 6.07) is 3.65. The molecule has 3 heterocycles. The molecule has 2 unspecified atom stereocenters. The van der Waals surface area contributed by atoms with Gasteiger partial charge in [-0.15, -0.1) is 0 Å². The van der Waals surface area contributed by atoms with Gasteiger partial charge in [-0.2, -0.15) is 0 Å². The van der Waals surface area contributed by atoms with E-state index in [2.05, 4.69) is 6.92 Å². The maximum absolute atomic E-state index is 12.6. The number of hydrogen-bond donors (Lipinski definition) is 0. The third-order valence-corrected chi connectivity index (χ3v) is 4.40. The highest BCUT2D eigenvalue weighted by atomic mass is 16.5. The average Bonchev–Trinajstić information content (AvgIpc) is 3.17. The van der Waals surface area contributed by atoms with Gasteiger partial charge in [-0.3, -0.25) is 9.59 Å². The highest BCUT2D eigenvalue weighted by Crippen LogP contribution is 2.23. The van der Waals surface area contributed by atoms with Crippen molar-refractivity contribution >= 4 is 11.8 Å². The van der Waals surface area contributed by atoms with E-state index in [4.69, 9.17) is 9.15 Å². The Morgan fingerprint density at radius 2 is 2.27 bits per heavy atom. The highest BCUT2D eigenvalue weighted by Gasteiger charge is 2.37.